The average Bonchev–Trinajstić information content (AvgIpc) is 3.51. The van der Waals surface area contributed by atoms with Gasteiger partial charge in [-0.25, -0.2) is 0 Å². The third kappa shape index (κ3) is 6.75. The Bertz CT molecular complexity index is 634. The van der Waals surface area contributed by atoms with Crippen molar-refractivity contribution in [2.45, 2.75) is 31.1 Å². The molecule has 7 heteroatoms. The van der Waals surface area contributed by atoms with Crippen LogP contribution in [0.2, 0.25) is 5.02 Å². The Morgan fingerprint density at radius 1 is 1.36 bits per heavy atom. The van der Waals surface area contributed by atoms with Crippen molar-refractivity contribution in [3.05, 3.63) is 34.9 Å². The van der Waals surface area contributed by atoms with Crippen LogP contribution in [0.3, 0.4) is 0 Å². The SMILES string of the molecule is CN=C(NCC1(c2cccc(Cl)c2)CCOCC1)N(C)CCOCC1CC1.I. The Kier molecular flexibility index (Phi) is 9.80. The van der Waals surface area contributed by atoms with E-state index in [9.17, 15) is 0 Å². The van der Waals surface area contributed by atoms with Crippen LogP contribution in [0.1, 0.15) is 31.2 Å². The van der Waals surface area contributed by atoms with Crippen molar-refractivity contribution in [1.82, 2.24) is 10.2 Å². The van der Waals surface area contributed by atoms with Gasteiger partial charge >= 0.3 is 0 Å². The molecule has 1 saturated carbocycles. The molecule has 1 aromatic rings. The normalized spacial score (nSPS) is 19.0. The van der Waals surface area contributed by atoms with Crippen molar-refractivity contribution < 1.29 is 9.47 Å². The van der Waals surface area contributed by atoms with Gasteiger partial charge in [-0.15, -0.1) is 24.0 Å². The monoisotopic (exact) mass is 521 g/mol. The zero-order valence-corrected chi connectivity index (χ0v) is 20.0. The molecule has 0 unspecified atom stereocenters. The maximum absolute atomic E-state index is 6.27. The molecule has 5 nitrogen and oxygen atoms in total. The van der Waals surface area contributed by atoms with E-state index in [-0.39, 0.29) is 29.4 Å². The van der Waals surface area contributed by atoms with Gasteiger partial charge in [0.25, 0.3) is 0 Å². The lowest BCUT2D eigenvalue weighted by molar-refractivity contribution is 0.0511. The number of aliphatic imine (C=N–C) groups is 1. The molecule has 0 amide bonds. The maximum atomic E-state index is 6.27. The van der Waals surface area contributed by atoms with Crippen LogP contribution in [0.15, 0.2) is 29.3 Å². The zero-order valence-electron chi connectivity index (χ0n) is 17.0. The van der Waals surface area contributed by atoms with Gasteiger partial charge in [0.05, 0.1) is 6.61 Å². The first-order chi connectivity index (χ1) is 13.1. The maximum Gasteiger partial charge on any atom is 0.193 e. The second-order valence-corrected chi connectivity index (χ2v) is 8.18. The van der Waals surface area contributed by atoms with Crippen LogP contribution in [0, 0.1) is 5.92 Å². The van der Waals surface area contributed by atoms with Crippen molar-refractivity contribution in [3.8, 4) is 0 Å². The lowest BCUT2D eigenvalue weighted by Gasteiger charge is -2.39. The van der Waals surface area contributed by atoms with Crippen molar-refractivity contribution in [1.29, 1.82) is 0 Å². The molecular formula is C21H33ClIN3O2. The summed E-state index contributed by atoms with van der Waals surface area (Å²) in [5.41, 5.74) is 1.29. The Balaban J connectivity index is 0.00000280. The highest BCUT2D eigenvalue weighted by atomic mass is 127. The van der Waals surface area contributed by atoms with E-state index in [1.54, 1.807) is 0 Å². The second-order valence-electron chi connectivity index (χ2n) is 7.74. The Morgan fingerprint density at radius 2 is 2.11 bits per heavy atom. The molecule has 0 bridgehead atoms. The quantitative estimate of drug-likeness (QED) is 0.244. The molecule has 3 rings (SSSR count). The number of nitrogens with one attached hydrogen (secondary N) is 1. The summed E-state index contributed by atoms with van der Waals surface area (Å²) in [6.45, 7) is 4.84. The molecule has 0 atom stereocenters. The Labute approximate surface area is 191 Å². The molecule has 1 aliphatic carbocycles. The number of benzene rings is 1. The van der Waals surface area contributed by atoms with E-state index >= 15 is 0 Å². The molecule has 1 saturated heterocycles. The lowest BCUT2D eigenvalue weighted by atomic mass is 9.74. The summed E-state index contributed by atoms with van der Waals surface area (Å²) < 4.78 is 11.4. The molecule has 1 aliphatic heterocycles. The van der Waals surface area contributed by atoms with Crippen LogP contribution in [0.25, 0.3) is 0 Å². The molecule has 2 aliphatic rings. The van der Waals surface area contributed by atoms with Crippen LogP contribution in [0.5, 0.6) is 0 Å². The molecule has 1 aromatic carbocycles. The Hall–Kier alpha value is -0.570. The van der Waals surface area contributed by atoms with E-state index in [1.165, 1.54) is 18.4 Å². The van der Waals surface area contributed by atoms with Crippen LogP contribution < -0.4 is 5.32 Å². The van der Waals surface area contributed by atoms with E-state index in [2.05, 4.69) is 34.4 Å². The predicted molar refractivity (Wildman–Crippen MR) is 126 cm³/mol. The highest BCUT2D eigenvalue weighted by Crippen LogP contribution is 2.35. The van der Waals surface area contributed by atoms with Crippen LogP contribution in [-0.4, -0.2) is 64.5 Å². The van der Waals surface area contributed by atoms with E-state index in [4.69, 9.17) is 21.1 Å². The predicted octanol–water partition coefficient (Wildman–Crippen LogP) is 3.94. The van der Waals surface area contributed by atoms with Gasteiger partial charge in [0, 0.05) is 57.4 Å². The fourth-order valence-electron chi connectivity index (χ4n) is 3.62. The number of halogens is 2. The van der Waals surface area contributed by atoms with E-state index in [0.717, 1.165) is 69.3 Å². The van der Waals surface area contributed by atoms with Gasteiger partial charge in [-0.05, 0) is 49.3 Å². The minimum Gasteiger partial charge on any atom is -0.381 e. The summed E-state index contributed by atoms with van der Waals surface area (Å²) in [6.07, 6.45) is 4.61. The first-order valence-corrected chi connectivity index (χ1v) is 10.3. The van der Waals surface area contributed by atoms with E-state index < -0.39 is 0 Å². The highest BCUT2D eigenvalue weighted by molar-refractivity contribution is 14.0. The van der Waals surface area contributed by atoms with E-state index in [1.807, 2.05) is 19.2 Å². The Morgan fingerprint density at radius 3 is 2.75 bits per heavy atom. The average molecular weight is 522 g/mol. The standard InChI is InChI=1S/C21H32ClN3O2.HI/c1-23-20(25(2)10-13-27-15-17-6-7-17)24-16-21(8-11-26-12-9-21)18-4-3-5-19(22)14-18;/h3-5,14,17H,6-13,15-16H2,1-2H3,(H,23,24);1H. The summed E-state index contributed by atoms with van der Waals surface area (Å²) in [4.78, 5) is 6.60. The van der Waals surface area contributed by atoms with Gasteiger partial charge in [-0.3, -0.25) is 4.99 Å². The van der Waals surface area contributed by atoms with Gasteiger partial charge in [-0.2, -0.15) is 0 Å². The number of likely N-dealkylation sites (N-methyl/N-ethyl adjacent to an activating group) is 1. The molecule has 0 aromatic heterocycles. The third-order valence-electron chi connectivity index (χ3n) is 5.67. The fraction of sp³-hybridized carbons (Fsp3) is 0.667. The third-order valence-corrected chi connectivity index (χ3v) is 5.90. The highest BCUT2D eigenvalue weighted by Gasteiger charge is 2.35. The number of guanidine groups is 1. The van der Waals surface area contributed by atoms with Gasteiger partial charge < -0.3 is 19.7 Å². The number of ether oxygens (including phenoxy) is 2. The molecule has 1 heterocycles. The van der Waals surface area contributed by atoms with Crippen molar-refractivity contribution in [3.63, 3.8) is 0 Å². The summed E-state index contributed by atoms with van der Waals surface area (Å²) >= 11 is 6.27. The first kappa shape index (κ1) is 23.7. The van der Waals surface area contributed by atoms with Crippen molar-refractivity contribution >= 4 is 41.5 Å². The van der Waals surface area contributed by atoms with Gasteiger partial charge in [0.1, 0.15) is 0 Å². The van der Waals surface area contributed by atoms with E-state index in [0.29, 0.717) is 0 Å². The molecule has 2 fully saturated rings. The molecule has 0 radical (unpaired) electrons. The fourth-order valence-corrected chi connectivity index (χ4v) is 3.81. The summed E-state index contributed by atoms with van der Waals surface area (Å²) in [6, 6.07) is 8.23. The molecule has 158 valence electrons. The van der Waals surface area contributed by atoms with Crippen molar-refractivity contribution in [2.24, 2.45) is 10.9 Å². The van der Waals surface area contributed by atoms with Crippen molar-refractivity contribution in [2.75, 3.05) is 53.6 Å². The summed E-state index contributed by atoms with van der Waals surface area (Å²) in [7, 11) is 3.89. The lowest BCUT2D eigenvalue weighted by Crippen LogP contribution is -2.49. The molecule has 1 N–H and O–H groups in total. The molecular weight excluding hydrogens is 489 g/mol. The first-order valence-electron chi connectivity index (χ1n) is 9.96. The number of hydrogen-bond acceptors (Lipinski definition) is 3. The minimum absolute atomic E-state index is 0. The summed E-state index contributed by atoms with van der Waals surface area (Å²) in [5.74, 6) is 1.71. The van der Waals surface area contributed by atoms with Gasteiger partial charge in [0.2, 0.25) is 0 Å². The van der Waals surface area contributed by atoms with Crippen LogP contribution in [-0.2, 0) is 14.9 Å². The van der Waals surface area contributed by atoms with Gasteiger partial charge in [-0.1, -0.05) is 23.7 Å². The largest absolute Gasteiger partial charge is 0.381 e. The topological polar surface area (TPSA) is 46.1 Å². The number of rotatable bonds is 8. The van der Waals surface area contributed by atoms with Crippen LogP contribution in [0.4, 0.5) is 0 Å². The zero-order chi connectivity index (χ0) is 19.1. The molecule has 0 spiro atoms. The number of hydrogen-bond donors (Lipinski definition) is 1. The molecule has 28 heavy (non-hydrogen) atoms. The minimum atomic E-state index is 0. The second kappa shape index (κ2) is 11.6. The van der Waals surface area contributed by atoms with Crippen LogP contribution >= 0.6 is 35.6 Å². The number of nitrogens with zero attached hydrogens (tertiary/aromatic N) is 2. The van der Waals surface area contributed by atoms with Gasteiger partial charge in [0.15, 0.2) is 5.96 Å². The smallest absolute Gasteiger partial charge is 0.193 e. The summed E-state index contributed by atoms with van der Waals surface area (Å²) in [5, 5.41) is 4.37.